The highest BCUT2D eigenvalue weighted by Crippen LogP contribution is 2.36. The molecule has 16 heteroatoms. The SMILES string of the molecule is CCOC(=O)c1ccc(-c2ccc(N=Nc3ccc(N(C)C)cc3)cc2)cc1F.CCOC(=O)c1ccc(Br)cc1F.CN(C)c1ccc(N=Nc2ccc(B3OC(C)(C)C(C)(C)O3)cc2)cc1. The van der Waals surface area contributed by atoms with Crippen molar-refractivity contribution in [3.05, 3.63) is 161 Å². The van der Waals surface area contributed by atoms with Crippen LogP contribution in [0.2, 0.25) is 0 Å². The molecule has 6 aromatic rings. The monoisotopic (exact) mass is 988 g/mol. The molecule has 1 heterocycles. The molecule has 0 N–H and O–H groups in total. The first-order chi connectivity index (χ1) is 32.3. The molecule has 0 aliphatic carbocycles. The van der Waals surface area contributed by atoms with Gasteiger partial charge in [0, 0.05) is 44.0 Å². The number of esters is 2. The summed E-state index contributed by atoms with van der Waals surface area (Å²) in [7, 11) is 7.63. The van der Waals surface area contributed by atoms with Gasteiger partial charge in [-0.2, -0.15) is 20.5 Å². The number of halogens is 3. The van der Waals surface area contributed by atoms with Crippen LogP contribution in [0.5, 0.6) is 0 Å². The number of anilines is 2. The molecule has 0 bridgehead atoms. The maximum atomic E-state index is 14.2. The highest BCUT2D eigenvalue weighted by atomic mass is 79.9. The Morgan fingerprint density at radius 3 is 1.26 bits per heavy atom. The number of benzene rings is 6. The highest BCUT2D eigenvalue weighted by Gasteiger charge is 2.51. The lowest BCUT2D eigenvalue weighted by atomic mass is 9.79. The molecule has 1 aliphatic rings. The van der Waals surface area contributed by atoms with Gasteiger partial charge in [0.05, 0.1) is 58.3 Å². The van der Waals surface area contributed by atoms with Crippen LogP contribution in [0, 0.1) is 11.6 Å². The number of azo groups is 2. The third kappa shape index (κ3) is 14.4. The first-order valence-electron chi connectivity index (χ1n) is 21.8. The number of nitrogens with zero attached hydrogens (tertiary/aromatic N) is 6. The van der Waals surface area contributed by atoms with Gasteiger partial charge in [0.25, 0.3) is 0 Å². The Balaban J connectivity index is 0.000000204. The van der Waals surface area contributed by atoms with Gasteiger partial charge in [0.15, 0.2) is 0 Å². The summed E-state index contributed by atoms with van der Waals surface area (Å²) < 4.78 is 49.6. The summed E-state index contributed by atoms with van der Waals surface area (Å²) in [6.45, 7) is 12.0. The first kappa shape index (κ1) is 52.4. The lowest BCUT2D eigenvalue weighted by molar-refractivity contribution is 0.00578. The van der Waals surface area contributed by atoms with Crippen LogP contribution in [0.3, 0.4) is 0 Å². The van der Waals surface area contributed by atoms with E-state index in [9.17, 15) is 18.4 Å². The van der Waals surface area contributed by atoms with Crippen LogP contribution in [-0.4, -0.2) is 71.7 Å². The van der Waals surface area contributed by atoms with Crippen LogP contribution in [0.4, 0.5) is 42.9 Å². The number of rotatable bonds is 12. The Bertz CT molecular complexity index is 2670. The van der Waals surface area contributed by atoms with Crippen LogP contribution in [0.25, 0.3) is 11.1 Å². The topological polar surface area (TPSA) is 127 Å². The fourth-order valence-electron chi connectivity index (χ4n) is 6.20. The molecule has 0 spiro atoms. The highest BCUT2D eigenvalue weighted by molar-refractivity contribution is 9.10. The van der Waals surface area contributed by atoms with E-state index in [1.165, 1.54) is 24.3 Å². The Hall–Kier alpha value is -6.62. The quantitative estimate of drug-likeness (QED) is 0.0674. The molecule has 6 aromatic carbocycles. The van der Waals surface area contributed by atoms with E-state index >= 15 is 0 Å². The third-order valence-corrected chi connectivity index (χ3v) is 11.3. The minimum atomic E-state index is -0.661. The van der Waals surface area contributed by atoms with Gasteiger partial charge in [0.1, 0.15) is 11.6 Å². The molecule has 1 saturated heterocycles. The van der Waals surface area contributed by atoms with Gasteiger partial charge >= 0.3 is 19.1 Å². The van der Waals surface area contributed by atoms with Crippen molar-refractivity contribution < 1.29 is 37.2 Å². The second kappa shape index (κ2) is 23.9. The minimum absolute atomic E-state index is 0.0370. The number of hydrogen-bond donors (Lipinski definition) is 0. The average Bonchev–Trinajstić information content (AvgIpc) is 3.54. The van der Waals surface area contributed by atoms with Crippen LogP contribution < -0.4 is 15.3 Å². The molecule has 0 amide bonds. The van der Waals surface area contributed by atoms with Crippen LogP contribution >= 0.6 is 15.9 Å². The molecule has 0 aromatic heterocycles. The van der Waals surface area contributed by atoms with Crippen molar-refractivity contribution >= 4 is 74.6 Å². The molecule has 0 radical (unpaired) electrons. The number of carbonyl (C=O) groups is 2. The Kier molecular flexibility index (Phi) is 18.4. The van der Waals surface area contributed by atoms with E-state index in [2.05, 4.69) is 73.7 Å². The zero-order valence-electron chi connectivity index (χ0n) is 40.0. The molecule has 0 atom stereocenters. The number of carbonyl (C=O) groups excluding carboxylic acids is 2. The molecule has 7 rings (SSSR count). The van der Waals surface area contributed by atoms with Gasteiger partial charge in [0.2, 0.25) is 0 Å². The zero-order valence-corrected chi connectivity index (χ0v) is 41.5. The van der Waals surface area contributed by atoms with Crippen molar-refractivity contribution in [2.45, 2.75) is 52.7 Å². The molecule has 68 heavy (non-hydrogen) atoms. The van der Waals surface area contributed by atoms with Gasteiger partial charge in [-0.3, -0.25) is 0 Å². The fourth-order valence-corrected chi connectivity index (χ4v) is 6.53. The maximum Gasteiger partial charge on any atom is 0.494 e. The standard InChI is InChI=1S/C23H22FN3O2.C20H26BN3O2.C9H8BrFO2/c1-4-29-23(28)21-14-7-17(15-22(21)24)16-5-8-18(9-6-16)25-26-19-10-12-20(13-11-19)27(2)3;1-19(2)20(3,4)26-21(25-19)15-7-9-16(10-8-15)22-23-17-11-13-18(14-12-17)24(5)6;1-2-13-9(12)7-4-3-6(10)5-8(7)11/h5-15H,4H2,1-3H3;7-14H,1-6H3;3-5H,2H2,1H3. The van der Waals surface area contributed by atoms with Gasteiger partial charge in [-0.25, -0.2) is 18.4 Å². The summed E-state index contributed by atoms with van der Waals surface area (Å²) in [4.78, 5) is 26.9. The number of hydrogen-bond acceptors (Lipinski definition) is 12. The smallest absolute Gasteiger partial charge is 0.462 e. The zero-order chi connectivity index (χ0) is 49.6. The van der Waals surface area contributed by atoms with Gasteiger partial charge < -0.3 is 28.6 Å². The van der Waals surface area contributed by atoms with E-state index in [0.29, 0.717) is 15.7 Å². The summed E-state index contributed by atoms with van der Waals surface area (Å²) in [6.07, 6.45) is 0. The van der Waals surface area contributed by atoms with E-state index in [1.54, 1.807) is 26.0 Å². The second-order valence-corrected chi connectivity index (χ2v) is 17.6. The third-order valence-electron chi connectivity index (χ3n) is 10.8. The van der Waals surface area contributed by atoms with Gasteiger partial charge in [-0.15, -0.1) is 0 Å². The van der Waals surface area contributed by atoms with Crippen molar-refractivity contribution in [1.29, 1.82) is 0 Å². The molecule has 12 nitrogen and oxygen atoms in total. The lowest BCUT2D eigenvalue weighted by Crippen LogP contribution is -2.41. The maximum absolute atomic E-state index is 14.2. The molecular formula is C52H56BBrF2N6O6. The van der Waals surface area contributed by atoms with Crippen LogP contribution in [-0.2, 0) is 18.8 Å². The molecule has 1 aliphatic heterocycles. The fraction of sp³-hybridized carbons (Fsp3) is 0.269. The van der Waals surface area contributed by atoms with Gasteiger partial charge in [-0.1, -0.05) is 46.3 Å². The van der Waals surface area contributed by atoms with Gasteiger partial charge in [-0.05, 0) is 161 Å². The summed E-state index contributed by atoms with van der Waals surface area (Å²) >= 11 is 3.09. The largest absolute Gasteiger partial charge is 0.494 e. The first-order valence-corrected chi connectivity index (χ1v) is 22.6. The summed E-state index contributed by atoms with van der Waals surface area (Å²) in [5.41, 5.74) is 6.98. The predicted octanol–water partition coefficient (Wildman–Crippen LogP) is 13.4. The molecule has 0 saturated carbocycles. The average molecular weight is 990 g/mol. The Labute approximate surface area is 406 Å². The van der Waals surface area contributed by atoms with E-state index in [4.69, 9.17) is 14.0 Å². The summed E-state index contributed by atoms with van der Waals surface area (Å²) in [6, 6.07) is 39.5. The van der Waals surface area contributed by atoms with E-state index < -0.39 is 23.6 Å². The van der Waals surface area contributed by atoms with Crippen molar-refractivity contribution in [2.24, 2.45) is 20.5 Å². The predicted molar refractivity (Wildman–Crippen MR) is 270 cm³/mol. The Morgan fingerprint density at radius 2 is 0.897 bits per heavy atom. The van der Waals surface area contributed by atoms with E-state index in [0.717, 1.165) is 39.5 Å². The molecule has 0 unspecified atom stereocenters. The van der Waals surface area contributed by atoms with E-state index in [-0.39, 0.29) is 42.7 Å². The summed E-state index contributed by atoms with van der Waals surface area (Å²) in [5, 5.41) is 17.1. The normalized spacial score (nSPS) is 13.6. The second-order valence-electron chi connectivity index (χ2n) is 16.7. The van der Waals surface area contributed by atoms with Crippen molar-refractivity contribution in [2.75, 3.05) is 51.2 Å². The lowest BCUT2D eigenvalue weighted by Gasteiger charge is -2.32. The van der Waals surface area contributed by atoms with Crippen LogP contribution in [0.1, 0.15) is 62.3 Å². The Morgan fingerprint density at radius 1 is 0.544 bits per heavy atom. The van der Waals surface area contributed by atoms with E-state index in [1.807, 2.05) is 130 Å². The van der Waals surface area contributed by atoms with Crippen LogP contribution in [0.15, 0.2) is 158 Å². The molecular weight excluding hydrogens is 933 g/mol. The number of ether oxygens (including phenoxy) is 2. The van der Waals surface area contributed by atoms with Crippen molar-refractivity contribution in [3.8, 4) is 11.1 Å². The van der Waals surface area contributed by atoms with Crippen molar-refractivity contribution in [3.63, 3.8) is 0 Å². The molecule has 354 valence electrons. The summed E-state index contributed by atoms with van der Waals surface area (Å²) in [5.74, 6) is -2.47. The molecule has 1 fully saturated rings. The minimum Gasteiger partial charge on any atom is -0.462 e. The van der Waals surface area contributed by atoms with Crippen molar-refractivity contribution in [1.82, 2.24) is 0 Å².